The van der Waals surface area contributed by atoms with Crippen LogP contribution in [0.15, 0.2) is 48.5 Å². The topological polar surface area (TPSA) is 71.1 Å². The molecule has 2 aromatic carbocycles. The van der Waals surface area contributed by atoms with Gasteiger partial charge in [-0.25, -0.2) is 0 Å². The number of carbonyl (C=O) groups excluding carboxylic acids is 2. The van der Waals surface area contributed by atoms with Crippen LogP contribution in [0.3, 0.4) is 0 Å². The van der Waals surface area contributed by atoms with E-state index in [0.717, 1.165) is 158 Å². The van der Waals surface area contributed by atoms with Gasteiger partial charge in [-0.3, -0.25) is 9.59 Å². The summed E-state index contributed by atoms with van der Waals surface area (Å²) in [4.78, 5) is 26.3. The number of unbranched alkanes of at least 4 members (excludes halogenated alkanes) is 4. The van der Waals surface area contributed by atoms with E-state index in [1.165, 1.54) is 128 Å². The molecule has 84 heavy (non-hydrogen) atoms. The van der Waals surface area contributed by atoms with Crippen LogP contribution in [0.1, 0.15) is 275 Å². The molecule has 10 rings (SSSR count). The van der Waals surface area contributed by atoms with Gasteiger partial charge in [-0.15, -0.1) is 0 Å². The molecule has 8 aliphatic carbocycles. The molecule has 8 fully saturated rings. The summed E-state index contributed by atoms with van der Waals surface area (Å²) in [5, 5.41) is 0. The predicted molar refractivity (Wildman–Crippen MR) is 346 cm³/mol. The first kappa shape index (κ1) is 64.0. The molecule has 2 unspecified atom stereocenters. The van der Waals surface area contributed by atoms with E-state index in [9.17, 15) is 9.59 Å². The molecule has 0 saturated heterocycles. The molecule has 0 radical (unpaired) electrons. The Labute approximate surface area is 513 Å². The maximum atomic E-state index is 13.1. The standard InChI is InChI=1S/C78H122O6/c1-53(2)19-17-21-55(5)67-37-39-69-65-35-29-59-51-63(41-45-75(59,7)71(65)43-47-77(67,69)9)83-73(79)23-13-11-15-49-81-61-31-25-57(26-32-61)58-27-33-62(34-28-58)82-50-16-12-14-24-74(80)84-64-42-46-76(8)60(52-64)30-36-66-70-40-38-68(56(6)22-18-20-54(3)4)78(70,10)48-44-72(66)76/h25-28,31-34,53-56,59-60,63-72H,11-24,29-30,35-52H2,1-10H3/t55-,56-,59?,60?,63+,64+,65+,66+,67-,68-,69+,70+,71+,72+,75+,76+,77-,78-/m1/s1. The molecule has 2 aromatic rings. The number of hydrogen-bond acceptors (Lipinski definition) is 6. The summed E-state index contributed by atoms with van der Waals surface area (Å²) < 4.78 is 24.7. The Morgan fingerprint density at radius 3 is 1.19 bits per heavy atom. The summed E-state index contributed by atoms with van der Waals surface area (Å²) in [7, 11) is 0. The maximum absolute atomic E-state index is 13.1. The fourth-order valence-electron chi connectivity index (χ4n) is 22.2. The third-order valence-electron chi connectivity index (χ3n) is 26.9. The van der Waals surface area contributed by atoms with E-state index in [0.29, 0.717) is 59.6 Å². The van der Waals surface area contributed by atoms with Crippen molar-refractivity contribution in [2.45, 2.75) is 287 Å². The Morgan fingerprint density at radius 1 is 0.417 bits per heavy atom. The average molecular weight is 1160 g/mol. The summed E-state index contributed by atoms with van der Waals surface area (Å²) in [6.07, 6.45) is 38.9. The van der Waals surface area contributed by atoms with Crippen LogP contribution in [0.2, 0.25) is 0 Å². The van der Waals surface area contributed by atoms with Crippen molar-refractivity contribution in [3.8, 4) is 22.6 Å². The summed E-state index contributed by atoms with van der Waals surface area (Å²) in [6.45, 7) is 26.7. The largest absolute Gasteiger partial charge is 0.494 e. The molecule has 0 N–H and O–H groups in total. The van der Waals surface area contributed by atoms with E-state index < -0.39 is 0 Å². The molecule has 0 heterocycles. The second kappa shape index (κ2) is 28.2. The number of benzene rings is 2. The van der Waals surface area contributed by atoms with Crippen LogP contribution in [-0.4, -0.2) is 37.4 Å². The fraction of sp³-hybridized carbons (Fsp3) is 0.821. The van der Waals surface area contributed by atoms with Gasteiger partial charge in [-0.2, -0.15) is 0 Å². The molecule has 6 heteroatoms. The zero-order valence-corrected chi connectivity index (χ0v) is 55.3. The highest BCUT2D eigenvalue weighted by atomic mass is 16.5. The maximum Gasteiger partial charge on any atom is 0.306 e. The first-order valence-electron chi connectivity index (χ1n) is 36.2. The lowest BCUT2D eigenvalue weighted by Gasteiger charge is -2.61. The molecule has 8 aliphatic rings. The monoisotopic (exact) mass is 1150 g/mol. The van der Waals surface area contributed by atoms with Gasteiger partial charge in [-0.1, -0.05) is 132 Å². The summed E-state index contributed by atoms with van der Waals surface area (Å²) >= 11 is 0. The van der Waals surface area contributed by atoms with Crippen molar-refractivity contribution < 1.29 is 28.5 Å². The highest BCUT2D eigenvalue weighted by Gasteiger charge is 2.62. The lowest BCUT2D eigenvalue weighted by Crippen LogP contribution is -2.54. The van der Waals surface area contributed by atoms with Crippen LogP contribution in [0.4, 0.5) is 0 Å². The van der Waals surface area contributed by atoms with Crippen LogP contribution in [0, 0.1) is 105 Å². The molecule has 0 aliphatic heterocycles. The number of esters is 2. The predicted octanol–water partition coefficient (Wildman–Crippen LogP) is 21.3. The van der Waals surface area contributed by atoms with E-state index in [2.05, 4.69) is 118 Å². The van der Waals surface area contributed by atoms with Crippen LogP contribution in [0.25, 0.3) is 11.1 Å². The molecule has 6 nitrogen and oxygen atoms in total. The highest BCUT2D eigenvalue weighted by molar-refractivity contribution is 5.70. The number of ether oxygens (including phenoxy) is 4. The Kier molecular flexibility index (Phi) is 21.5. The van der Waals surface area contributed by atoms with Gasteiger partial charge in [0.15, 0.2) is 0 Å². The van der Waals surface area contributed by atoms with E-state index >= 15 is 0 Å². The van der Waals surface area contributed by atoms with Crippen molar-refractivity contribution in [1.29, 1.82) is 0 Å². The van der Waals surface area contributed by atoms with E-state index in [1.54, 1.807) is 0 Å². The lowest BCUT2D eigenvalue weighted by atomic mass is 9.44. The zero-order chi connectivity index (χ0) is 59.2. The van der Waals surface area contributed by atoms with Crippen molar-refractivity contribution >= 4 is 11.9 Å². The quantitative estimate of drug-likeness (QED) is 0.0656. The van der Waals surface area contributed by atoms with Gasteiger partial charge in [0.2, 0.25) is 0 Å². The first-order valence-corrected chi connectivity index (χ1v) is 36.2. The normalized spacial score (nSPS) is 36.8. The van der Waals surface area contributed by atoms with Crippen LogP contribution in [-0.2, 0) is 19.1 Å². The van der Waals surface area contributed by atoms with Gasteiger partial charge in [-0.05, 0) is 294 Å². The fourth-order valence-corrected chi connectivity index (χ4v) is 22.2. The van der Waals surface area contributed by atoms with Crippen LogP contribution < -0.4 is 9.47 Å². The molecule has 0 spiro atoms. The first-order chi connectivity index (χ1) is 40.4. The van der Waals surface area contributed by atoms with Gasteiger partial charge in [0.25, 0.3) is 0 Å². The van der Waals surface area contributed by atoms with Gasteiger partial charge in [0.05, 0.1) is 13.2 Å². The van der Waals surface area contributed by atoms with Gasteiger partial charge < -0.3 is 18.9 Å². The number of hydrogen-bond donors (Lipinski definition) is 0. The van der Waals surface area contributed by atoms with Crippen LogP contribution >= 0.6 is 0 Å². The lowest BCUT2D eigenvalue weighted by molar-refractivity contribution is -0.163. The molecule has 8 saturated carbocycles. The van der Waals surface area contributed by atoms with Crippen molar-refractivity contribution in [2.24, 2.45) is 105 Å². The zero-order valence-electron chi connectivity index (χ0n) is 55.3. The number of rotatable bonds is 27. The van der Waals surface area contributed by atoms with Gasteiger partial charge in [0, 0.05) is 12.8 Å². The highest BCUT2D eigenvalue weighted by Crippen LogP contribution is 2.70. The van der Waals surface area contributed by atoms with Crippen molar-refractivity contribution in [3.63, 3.8) is 0 Å². The average Bonchev–Trinajstić information content (AvgIpc) is 1.84. The minimum atomic E-state index is 0.00446. The van der Waals surface area contributed by atoms with Gasteiger partial charge >= 0.3 is 11.9 Å². The Balaban J connectivity index is 0.554. The summed E-state index contributed by atoms with van der Waals surface area (Å²) in [5.41, 5.74) is 4.22. The summed E-state index contributed by atoms with van der Waals surface area (Å²) in [5.74, 6) is 13.8. The van der Waals surface area contributed by atoms with Crippen LogP contribution in [0.5, 0.6) is 11.5 Å². The molecule has 18 atom stereocenters. The Bertz CT molecular complexity index is 2230. The minimum absolute atomic E-state index is 0.00446. The SMILES string of the molecule is CC(C)CCC[C@@H](C)[C@H]1CC[C@H]2[C@@H]3CCC4C[C@@H](OC(=O)CCCCCOc5ccc(-c6ccc(OCCCCCC(=O)O[C@H]7CC[C@@]8(C)C(CC[C@H]9[C@@H]%10CC[C@H]([C@H](C)CCCC(C)C)[C@@]%10(C)CC[C@@H]98)C7)cc6)cc5)CC[C@]4(C)[C@H]3CC[C@]12C. The smallest absolute Gasteiger partial charge is 0.306 e. The number of carbonyl (C=O) groups is 2. The summed E-state index contributed by atoms with van der Waals surface area (Å²) in [6, 6.07) is 16.7. The van der Waals surface area contributed by atoms with E-state index in [1.807, 2.05) is 0 Å². The molecular formula is C78H122O6. The Morgan fingerprint density at radius 2 is 0.798 bits per heavy atom. The second-order valence-electron chi connectivity index (χ2n) is 32.5. The second-order valence-corrected chi connectivity index (χ2v) is 32.5. The van der Waals surface area contributed by atoms with Crippen molar-refractivity contribution in [3.05, 3.63) is 48.5 Å². The van der Waals surface area contributed by atoms with Gasteiger partial charge in [0.1, 0.15) is 23.7 Å². The molecule has 0 aromatic heterocycles. The molecule has 470 valence electrons. The third kappa shape index (κ3) is 14.3. The molecule has 0 amide bonds. The molecular weight excluding hydrogens is 1030 g/mol. The van der Waals surface area contributed by atoms with E-state index in [4.69, 9.17) is 18.9 Å². The minimum Gasteiger partial charge on any atom is -0.494 e. The third-order valence-corrected chi connectivity index (χ3v) is 26.9. The van der Waals surface area contributed by atoms with Crippen molar-refractivity contribution in [1.82, 2.24) is 0 Å². The number of fused-ring (bicyclic) bond motifs is 10. The molecule has 0 bridgehead atoms. The van der Waals surface area contributed by atoms with Crippen molar-refractivity contribution in [2.75, 3.05) is 13.2 Å². The van der Waals surface area contributed by atoms with E-state index in [-0.39, 0.29) is 24.1 Å². The Hall–Kier alpha value is -3.02.